The maximum Gasteiger partial charge on any atom is 0.258 e. The van der Waals surface area contributed by atoms with Crippen molar-refractivity contribution in [3.05, 3.63) is 72.1 Å². The van der Waals surface area contributed by atoms with Crippen LogP contribution in [0.1, 0.15) is 10.4 Å². The van der Waals surface area contributed by atoms with Crippen LogP contribution in [0.3, 0.4) is 0 Å². The second-order valence-electron chi connectivity index (χ2n) is 4.57. The molecular weight excluding hydrogens is 288 g/mol. The van der Waals surface area contributed by atoms with Gasteiger partial charge in [-0.15, -0.1) is 0 Å². The summed E-state index contributed by atoms with van der Waals surface area (Å²) < 4.78 is 26.8. The number of rotatable bonds is 3. The number of anilines is 1. The van der Waals surface area contributed by atoms with Gasteiger partial charge in [-0.2, -0.15) is 0 Å². The number of imidazole rings is 1. The van der Waals surface area contributed by atoms with E-state index >= 15 is 0 Å². The van der Waals surface area contributed by atoms with E-state index in [2.05, 4.69) is 15.3 Å². The largest absolute Gasteiger partial charge is 0.345 e. The van der Waals surface area contributed by atoms with E-state index in [1.54, 1.807) is 30.6 Å². The van der Waals surface area contributed by atoms with Crippen LogP contribution in [0.2, 0.25) is 0 Å². The van der Waals surface area contributed by atoms with Gasteiger partial charge in [-0.25, -0.2) is 13.8 Å². The summed E-state index contributed by atoms with van der Waals surface area (Å²) in [5, 5.41) is 2.54. The van der Waals surface area contributed by atoms with Crippen LogP contribution in [0.15, 0.2) is 54.9 Å². The van der Waals surface area contributed by atoms with E-state index in [0.29, 0.717) is 11.5 Å². The van der Waals surface area contributed by atoms with Crippen molar-refractivity contribution >= 4 is 11.6 Å². The fourth-order valence-electron chi connectivity index (χ4n) is 2.04. The third-order valence-corrected chi connectivity index (χ3v) is 3.09. The van der Waals surface area contributed by atoms with Crippen LogP contribution in [0.4, 0.5) is 14.5 Å². The highest BCUT2D eigenvalue weighted by atomic mass is 19.2. The number of hydrogen-bond acceptors (Lipinski definition) is 2. The van der Waals surface area contributed by atoms with Crippen molar-refractivity contribution in [3.8, 4) is 11.4 Å². The van der Waals surface area contributed by atoms with Crippen LogP contribution in [0, 0.1) is 11.6 Å². The Labute approximate surface area is 124 Å². The van der Waals surface area contributed by atoms with Gasteiger partial charge in [0.15, 0.2) is 11.6 Å². The number of benzene rings is 2. The minimum Gasteiger partial charge on any atom is -0.345 e. The Morgan fingerprint density at radius 1 is 1.14 bits per heavy atom. The molecule has 0 aliphatic carbocycles. The zero-order chi connectivity index (χ0) is 15.5. The number of aromatic nitrogens is 2. The van der Waals surface area contributed by atoms with Crippen LogP contribution in [-0.4, -0.2) is 15.9 Å². The first-order valence-electron chi connectivity index (χ1n) is 6.50. The molecule has 22 heavy (non-hydrogen) atoms. The molecule has 0 radical (unpaired) electrons. The molecule has 110 valence electrons. The summed E-state index contributed by atoms with van der Waals surface area (Å²) in [4.78, 5) is 19.1. The lowest BCUT2D eigenvalue weighted by Gasteiger charge is -2.07. The van der Waals surface area contributed by atoms with Crippen LogP contribution in [0.25, 0.3) is 11.4 Å². The quantitative estimate of drug-likeness (QED) is 0.776. The van der Waals surface area contributed by atoms with Crippen molar-refractivity contribution in [1.82, 2.24) is 9.97 Å². The molecule has 0 saturated heterocycles. The summed E-state index contributed by atoms with van der Waals surface area (Å²) in [6.45, 7) is 0. The minimum absolute atomic E-state index is 0.344. The molecule has 4 nitrogen and oxygen atoms in total. The first kappa shape index (κ1) is 13.9. The Hall–Kier alpha value is -3.02. The number of aromatic amines is 1. The van der Waals surface area contributed by atoms with Crippen molar-refractivity contribution in [3.63, 3.8) is 0 Å². The number of nitrogens with one attached hydrogen (secondary N) is 2. The van der Waals surface area contributed by atoms with Crippen molar-refractivity contribution in [1.29, 1.82) is 0 Å². The molecule has 3 aromatic rings. The Kier molecular flexibility index (Phi) is 3.65. The Morgan fingerprint density at radius 2 is 1.95 bits per heavy atom. The number of amides is 1. The van der Waals surface area contributed by atoms with Gasteiger partial charge in [-0.3, -0.25) is 4.79 Å². The molecule has 0 fully saturated rings. The summed E-state index contributed by atoms with van der Waals surface area (Å²) in [5.74, 6) is -2.29. The van der Waals surface area contributed by atoms with E-state index in [9.17, 15) is 13.6 Å². The molecule has 1 amide bonds. The lowest BCUT2D eigenvalue weighted by molar-refractivity contribution is 0.102. The SMILES string of the molecule is O=C(Nc1cccc(-c2ncc[nH]2)c1)c1cccc(F)c1F. The molecule has 0 saturated carbocycles. The van der Waals surface area contributed by atoms with Gasteiger partial charge in [0.05, 0.1) is 5.56 Å². The predicted octanol–water partition coefficient (Wildman–Crippen LogP) is 3.61. The molecule has 1 heterocycles. The highest BCUT2D eigenvalue weighted by Gasteiger charge is 2.15. The van der Waals surface area contributed by atoms with Gasteiger partial charge >= 0.3 is 0 Å². The first-order chi connectivity index (χ1) is 10.6. The normalized spacial score (nSPS) is 10.5. The fraction of sp³-hybridized carbons (Fsp3) is 0. The summed E-state index contributed by atoms with van der Waals surface area (Å²) in [6.07, 6.45) is 3.30. The molecule has 0 unspecified atom stereocenters. The predicted molar refractivity (Wildman–Crippen MR) is 78.3 cm³/mol. The summed E-state index contributed by atoms with van der Waals surface area (Å²) in [7, 11) is 0. The highest BCUT2D eigenvalue weighted by molar-refractivity contribution is 6.04. The molecule has 2 N–H and O–H groups in total. The number of carbonyl (C=O) groups excluding carboxylic acids is 1. The summed E-state index contributed by atoms with van der Waals surface area (Å²) in [6, 6.07) is 10.4. The molecule has 2 aromatic carbocycles. The summed E-state index contributed by atoms with van der Waals surface area (Å²) in [5.41, 5.74) is 0.883. The lowest BCUT2D eigenvalue weighted by atomic mass is 10.1. The Balaban J connectivity index is 1.86. The van der Waals surface area contributed by atoms with Crippen molar-refractivity contribution < 1.29 is 13.6 Å². The van der Waals surface area contributed by atoms with Crippen LogP contribution < -0.4 is 5.32 Å². The Morgan fingerprint density at radius 3 is 2.73 bits per heavy atom. The maximum atomic E-state index is 13.6. The third kappa shape index (κ3) is 2.71. The minimum atomic E-state index is -1.16. The van der Waals surface area contributed by atoms with Crippen molar-refractivity contribution in [2.75, 3.05) is 5.32 Å². The zero-order valence-corrected chi connectivity index (χ0v) is 11.3. The second-order valence-corrected chi connectivity index (χ2v) is 4.57. The van der Waals surface area contributed by atoms with Gasteiger partial charge in [0, 0.05) is 23.6 Å². The molecule has 0 bridgehead atoms. The van der Waals surface area contributed by atoms with Gasteiger partial charge in [-0.05, 0) is 24.3 Å². The van der Waals surface area contributed by atoms with E-state index in [1.165, 1.54) is 12.1 Å². The third-order valence-electron chi connectivity index (χ3n) is 3.09. The van der Waals surface area contributed by atoms with Crippen LogP contribution in [-0.2, 0) is 0 Å². The molecule has 0 aliphatic heterocycles. The van der Waals surface area contributed by atoms with Crippen LogP contribution in [0.5, 0.6) is 0 Å². The van der Waals surface area contributed by atoms with E-state index in [-0.39, 0.29) is 5.56 Å². The second kappa shape index (κ2) is 5.77. The van der Waals surface area contributed by atoms with Crippen molar-refractivity contribution in [2.45, 2.75) is 0 Å². The highest BCUT2D eigenvalue weighted by Crippen LogP contribution is 2.20. The molecular formula is C16H11F2N3O. The summed E-state index contributed by atoms with van der Waals surface area (Å²) >= 11 is 0. The van der Waals surface area contributed by atoms with E-state index in [1.807, 2.05) is 6.07 Å². The monoisotopic (exact) mass is 299 g/mol. The number of nitrogens with zero attached hydrogens (tertiary/aromatic N) is 1. The van der Waals surface area contributed by atoms with E-state index in [4.69, 9.17) is 0 Å². The standard InChI is InChI=1S/C16H11F2N3O/c17-13-6-2-5-12(14(13)18)16(22)21-11-4-1-3-10(9-11)15-19-7-8-20-15/h1-9H,(H,19,20)(H,21,22). The number of hydrogen-bond donors (Lipinski definition) is 2. The number of halogens is 2. The van der Waals surface area contributed by atoms with Crippen molar-refractivity contribution in [2.24, 2.45) is 0 Å². The first-order valence-corrected chi connectivity index (χ1v) is 6.50. The molecule has 3 rings (SSSR count). The Bertz CT molecular complexity index is 816. The molecule has 0 spiro atoms. The molecule has 6 heteroatoms. The lowest BCUT2D eigenvalue weighted by Crippen LogP contribution is -2.14. The van der Waals surface area contributed by atoms with Gasteiger partial charge < -0.3 is 10.3 Å². The van der Waals surface area contributed by atoms with E-state index in [0.717, 1.165) is 11.6 Å². The van der Waals surface area contributed by atoms with E-state index < -0.39 is 17.5 Å². The fourth-order valence-corrected chi connectivity index (χ4v) is 2.04. The molecule has 0 atom stereocenters. The molecule has 0 aliphatic rings. The van der Waals surface area contributed by atoms with Gasteiger partial charge in [0.2, 0.25) is 0 Å². The molecule has 1 aromatic heterocycles. The average Bonchev–Trinajstić information content (AvgIpc) is 3.04. The average molecular weight is 299 g/mol. The van der Waals surface area contributed by atoms with Gasteiger partial charge in [0.1, 0.15) is 5.82 Å². The zero-order valence-electron chi connectivity index (χ0n) is 11.3. The number of carbonyl (C=O) groups is 1. The van der Waals surface area contributed by atoms with Crippen LogP contribution >= 0.6 is 0 Å². The van der Waals surface area contributed by atoms with Gasteiger partial charge in [0.25, 0.3) is 5.91 Å². The van der Waals surface area contributed by atoms with Gasteiger partial charge in [-0.1, -0.05) is 18.2 Å². The number of H-pyrrole nitrogens is 1. The maximum absolute atomic E-state index is 13.6. The topological polar surface area (TPSA) is 57.8 Å². The smallest absolute Gasteiger partial charge is 0.258 e.